The maximum absolute atomic E-state index is 12.8. The SMILES string of the molecule is CCCCCCCCCCCCCCCCCC(=O)OC[C@H](COP(=O)(O)OCC[N+](C)(C)C)OC(=O)CCCCCCCC(Br)C(Br)CCCCCCCC. The van der Waals surface area contributed by atoms with Crippen molar-refractivity contribution in [1.29, 1.82) is 0 Å². The third-order valence-electron chi connectivity index (χ3n) is 10.2. The van der Waals surface area contributed by atoms with E-state index in [1.54, 1.807) is 0 Å². The van der Waals surface area contributed by atoms with Crippen molar-refractivity contribution in [3.8, 4) is 0 Å². The van der Waals surface area contributed by atoms with E-state index in [9.17, 15) is 19.0 Å². The van der Waals surface area contributed by atoms with Crippen LogP contribution in [0.4, 0.5) is 0 Å². The van der Waals surface area contributed by atoms with Crippen molar-refractivity contribution in [3.63, 3.8) is 0 Å². The molecule has 0 fully saturated rings. The van der Waals surface area contributed by atoms with Gasteiger partial charge in [0.2, 0.25) is 0 Å². The van der Waals surface area contributed by atoms with Crippen LogP contribution in [0.5, 0.6) is 0 Å². The van der Waals surface area contributed by atoms with E-state index in [2.05, 4.69) is 45.7 Å². The Morgan fingerprint density at radius 3 is 1.34 bits per heavy atom. The van der Waals surface area contributed by atoms with Gasteiger partial charge in [-0.05, 0) is 25.7 Å². The second kappa shape index (κ2) is 37.9. The second-order valence-electron chi connectivity index (χ2n) is 17.0. The van der Waals surface area contributed by atoms with E-state index in [0.717, 1.165) is 51.4 Å². The van der Waals surface area contributed by atoms with Crippen LogP contribution in [0.3, 0.4) is 0 Å². The molecular formula is C44H87Br2NO8P+. The number of likely N-dealkylation sites (N-methyl/N-ethyl adjacent to an activating group) is 1. The first kappa shape index (κ1) is 56.0. The Hall–Kier alpha value is -0.0300. The molecule has 0 aliphatic carbocycles. The summed E-state index contributed by atoms with van der Waals surface area (Å²) in [6, 6.07) is 0. The van der Waals surface area contributed by atoms with Gasteiger partial charge in [0.05, 0.1) is 27.7 Å². The van der Waals surface area contributed by atoms with Gasteiger partial charge in [-0.25, -0.2) is 4.57 Å². The molecule has 0 radical (unpaired) electrons. The summed E-state index contributed by atoms with van der Waals surface area (Å²) in [7, 11) is 1.47. The lowest BCUT2D eigenvalue weighted by Crippen LogP contribution is -2.37. The zero-order chi connectivity index (χ0) is 41.8. The Morgan fingerprint density at radius 1 is 0.554 bits per heavy atom. The number of hydrogen-bond acceptors (Lipinski definition) is 7. The molecule has 0 bridgehead atoms. The number of rotatable bonds is 42. The van der Waals surface area contributed by atoms with Crippen molar-refractivity contribution >= 4 is 51.6 Å². The number of nitrogens with zero attached hydrogens (tertiary/aromatic N) is 1. The monoisotopic (exact) mass is 946 g/mol. The Labute approximate surface area is 361 Å². The molecule has 0 aliphatic heterocycles. The summed E-state index contributed by atoms with van der Waals surface area (Å²) in [5.41, 5.74) is 0. The van der Waals surface area contributed by atoms with Crippen molar-refractivity contribution < 1.29 is 42.1 Å². The van der Waals surface area contributed by atoms with Crippen molar-refractivity contribution in [3.05, 3.63) is 0 Å². The first-order valence-corrected chi connectivity index (χ1v) is 26.2. The Balaban J connectivity index is 4.42. The van der Waals surface area contributed by atoms with Gasteiger partial charge in [-0.3, -0.25) is 18.6 Å². The van der Waals surface area contributed by atoms with Gasteiger partial charge in [0.15, 0.2) is 6.10 Å². The highest BCUT2D eigenvalue weighted by Crippen LogP contribution is 2.43. The highest BCUT2D eigenvalue weighted by atomic mass is 79.9. The molecule has 0 saturated carbocycles. The molecule has 0 aliphatic rings. The Morgan fingerprint density at radius 2 is 0.929 bits per heavy atom. The van der Waals surface area contributed by atoms with Crippen LogP contribution in [-0.2, 0) is 32.7 Å². The summed E-state index contributed by atoms with van der Waals surface area (Å²) in [6.07, 6.45) is 33.4. The quantitative estimate of drug-likeness (QED) is 0.0212. The molecule has 0 spiro atoms. The molecule has 0 heterocycles. The third-order valence-corrected chi connectivity index (χ3v) is 14.1. The number of hydrogen-bond donors (Lipinski definition) is 1. The van der Waals surface area contributed by atoms with Crippen LogP contribution in [-0.4, -0.2) is 84.6 Å². The lowest BCUT2D eigenvalue weighted by Gasteiger charge is -2.24. The molecule has 0 aromatic carbocycles. The van der Waals surface area contributed by atoms with E-state index in [0.29, 0.717) is 27.1 Å². The molecule has 0 saturated heterocycles. The molecule has 0 aromatic rings. The first-order valence-electron chi connectivity index (χ1n) is 22.8. The number of halogens is 2. The fourth-order valence-corrected chi connectivity index (χ4v) is 8.44. The Bertz CT molecular complexity index is 970. The van der Waals surface area contributed by atoms with Crippen LogP contribution in [0.2, 0.25) is 0 Å². The molecule has 9 nitrogen and oxygen atoms in total. The number of unbranched alkanes of at least 4 members (excludes halogenated alkanes) is 23. The summed E-state index contributed by atoms with van der Waals surface area (Å²) in [5.74, 6) is -0.806. The van der Waals surface area contributed by atoms with Crippen LogP contribution >= 0.6 is 39.7 Å². The van der Waals surface area contributed by atoms with Gasteiger partial charge in [0.1, 0.15) is 19.8 Å². The topological polar surface area (TPSA) is 108 Å². The fourth-order valence-electron chi connectivity index (χ4n) is 6.52. The van der Waals surface area contributed by atoms with Crippen LogP contribution in [0.1, 0.15) is 206 Å². The van der Waals surface area contributed by atoms with Crippen molar-refractivity contribution in [2.24, 2.45) is 0 Å². The number of esters is 2. The van der Waals surface area contributed by atoms with E-state index >= 15 is 0 Å². The lowest BCUT2D eigenvalue weighted by atomic mass is 10.0. The highest BCUT2D eigenvalue weighted by molar-refractivity contribution is 9.12. The molecular weight excluding hydrogens is 861 g/mol. The number of phosphoric acid groups is 1. The standard InChI is InChI=1S/C44H86Br2NO8P/c1-6-8-10-12-14-15-16-17-18-19-20-21-22-26-30-34-43(48)52-38-40(39-54-56(50,51)53-37-36-47(3,4)5)55-44(49)35-31-27-23-25-29-33-42(46)41(45)32-28-24-13-11-9-7-2/h40-42H,6-39H2,1-5H3/p+1/t40-,41?,42?/m1/s1. The largest absolute Gasteiger partial charge is 0.472 e. The average molecular weight is 949 g/mol. The highest BCUT2D eigenvalue weighted by Gasteiger charge is 2.27. The van der Waals surface area contributed by atoms with Gasteiger partial charge >= 0.3 is 19.8 Å². The molecule has 3 unspecified atom stereocenters. The predicted octanol–water partition coefficient (Wildman–Crippen LogP) is 13.6. The van der Waals surface area contributed by atoms with E-state index in [1.807, 2.05) is 21.1 Å². The van der Waals surface area contributed by atoms with Gasteiger partial charge in [0, 0.05) is 22.5 Å². The van der Waals surface area contributed by atoms with Gasteiger partial charge in [-0.1, -0.05) is 200 Å². The van der Waals surface area contributed by atoms with E-state index in [1.165, 1.54) is 122 Å². The van der Waals surface area contributed by atoms with Crippen LogP contribution in [0, 0.1) is 0 Å². The number of carbonyl (C=O) groups is 2. The summed E-state index contributed by atoms with van der Waals surface area (Å²) < 4.78 is 34.4. The minimum Gasteiger partial charge on any atom is -0.462 e. The van der Waals surface area contributed by atoms with Crippen LogP contribution in [0.15, 0.2) is 0 Å². The first-order chi connectivity index (χ1) is 26.8. The molecule has 4 atom stereocenters. The minimum atomic E-state index is -4.38. The van der Waals surface area contributed by atoms with Gasteiger partial charge < -0.3 is 18.9 Å². The van der Waals surface area contributed by atoms with Gasteiger partial charge in [0.25, 0.3) is 0 Å². The van der Waals surface area contributed by atoms with E-state index in [4.69, 9.17) is 18.5 Å². The van der Waals surface area contributed by atoms with Crippen LogP contribution < -0.4 is 0 Å². The zero-order valence-corrected chi connectivity index (χ0v) is 40.8. The smallest absolute Gasteiger partial charge is 0.462 e. The second-order valence-corrected chi connectivity index (χ2v) is 20.8. The normalized spacial score (nSPS) is 14.6. The molecule has 56 heavy (non-hydrogen) atoms. The number of quaternary nitrogens is 1. The average Bonchev–Trinajstić information content (AvgIpc) is 3.14. The van der Waals surface area contributed by atoms with Crippen LogP contribution in [0.25, 0.3) is 0 Å². The Kier molecular flexibility index (Phi) is 37.9. The fraction of sp³-hybridized carbons (Fsp3) is 0.955. The molecule has 1 N–H and O–H groups in total. The molecule has 0 amide bonds. The number of ether oxygens (including phenoxy) is 2. The number of carbonyl (C=O) groups excluding carboxylic acids is 2. The summed E-state index contributed by atoms with van der Waals surface area (Å²) in [4.78, 5) is 36.5. The maximum Gasteiger partial charge on any atom is 0.472 e. The third kappa shape index (κ3) is 39.4. The van der Waals surface area contributed by atoms with Crippen molar-refractivity contribution in [2.75, 3.05) is 47.5 Å². The molecule has 12 heteroatoms. The zero-order valence-electron chi connectivity index (χ0n) is 36.7. The van der Waals surface area contributed by atoms with Crippen molar-refractivity contribution in [1.82, 2.24) is 0 Å². The number of phosphoric ester groups is 1. The van der Waals surface area contributed by atoms with E-state index in [-0.39, 0.29) is 32.0 Å². The summed E-state index contributed by atoms with van der Waals surface area (Å²) >= 11 is 7.75. The van der Waals surface area contributed by atoms with Gasteiger partial charge in [-0.15, -0.1) is 0 Å². The number of alkyl halides is 2. The summed E-state index contributed by atoms with van der Waals surface area (Å²) in [5, 5.41) is 0. The lowest BCUT2D eigenvalue weighted by molar-refractivity contribution is -0.870. The maximum atomic E-state index is 12.8. The molecule has 334 valence electrons. The van der Waals surface area contributed by atoms with Crippen molar-refractivity contribution in [2.45, 2.75) is 222 Å². The summed E-state index contributed by atoms with van der Waals surface area (Å²) in [6.45, 7) is 4.41. The predicted molar refractivity (Wildman–Crippen MR) is 241 cm³/mol. The minimum absolute atomic E-state index is 0.0299. The molecule has 0 aromatic heterocycles. The molecule has 0 rings (SSSR count). The van der Waals surface area contributed by atoms with E-state index < -0.39 is 26.5 Å². The van der Waals surface area contributed by atoms with Gasteiger partial charge in [-0.2, -0.15) is 0 Å².